The van der Waals surface area contributed by atoms with E-state index in [0.29, 0.717) is 18.2 Å². The number of aromatic nitrogens is 5. The molecule has 94 heavy (non-hydrogen) atoms. The van der Waals surface area contributed by atoms with Gasteiger partial charge in [0.25, 0.3) is 5.91 Å². The predicted octanol–water partition coefficient (Wildman–Crippen LogP) is 15.2. The molecule has 0 saturated carbocycles. The number of hydrogen-bond acceptors (Lipinski definition) is 12. The van der Waals surface area contributed by atoms with E-state index in [-0.39, 0.29) is 55.8 Å². The van der Waals surface area contributed by atoms with Crippen molar-refractivity contribution in [3.8, 4) is 11.6 Å². The molecule has 10 rings (SSSR count). The summed E-state index contributed by atoms with van der Waals surface area (Å²) in [5.41, 5.74) is 8.81. The van der Waals surface area contributed by atoms with E-state index in [9.17, 15) is 13.6 Å². The van der Waals surface area contributed by atoms with Crippen LogP contribution in [0.4, 0.5) is 14.6 Å². The normalized spacial score (nSPS) is 15.7. The highest BCUT2D eigenvalue weighted by Crippen LogP contribution is 2.29. The van der Waals surface area contributed by atoms with Gasteiger partial charge in [-0.15, -0.1) is 0 Å². The number of likely N-dealkylation sites (tertiary alicyclic amines) is 1. The van der Waals surface area contributed by atoms with Crippen LogP contribution < -0.4 is 19.7 Å². The van der Waals surface area contributed by atoms with Crippen molar-refractivity contribution in [2.24, 2.45) is 0 Å². The lowest BCUT2D eigenvalue weighted by Crippen LogP contribution is -2.45. The minimum absolute atomic E-state index is 0.0425. The molecule has 3 aliphatic heterocycles. The number of benzene rings is 2. The van der Waals surface area contributed by atoms with Gasteiger partial charge in [-0.3, -0.25) is 14.7 Å². The Hall–Kier alpha value is -6.85. The van der Waals surface area contributed by atoms with Gasteiger partial charge in [-0.1, -0.05) is 161 Å². The van der Waals surface area contributed by atoms with E-state index in [1.807, 2.05) is 82.1 Å². The van der Waals surface area contributed by atoms with Gasteiger partial charge < -0.3 is 38.8 Å². The lowest BCUT2D eigenvalue weighted by Gasteiger charge is -2.33. The predicted molar refractivity (Wildman–Crippen MR) is 387 cm³/mol. The van der Waals surface area contributed by atoms with E-state index in [2.05, 4.69) is 216 Å². The highest BCUT2D eigenvalue weighted by molar-refractivity contribution is 5.94. The van der Waals surface area contributed by atoms with Gasteiger partial charge in [-0.2, -0.15) is 0 Å². The summed E-state index contributed by atoms with van der Waals surface area (Å²) in [4.78, 5) is 40.9. The Morgan fingerprint density at radius 1 is 0.521 bits per heavy atom. The number of anilines is 1. The number of methoxy groups -OCH3 is 1. The molecule has 0 spiro atoms. The van der Waals surface area contributed by atoms with Crippen LogP contribution in [0.25, 0.3) is 5.65 Å². The summed E-state index contributed by atoms with van der Waals surface area (Å²) in [5.74, 6) is 1.14. The maximum Gasteiger partial charge on any atom is 0.254 e. The first kappa shape index (κ1) is 77.9. The first-order valence-electron chi connectivity index (χ1n) is 33.7. The highest BCUT2D eigenvalue weighted by Gasteiger charge is 2.24. The third kappa shape index (κ3) is 26.0. The molecule has 0 atom stereocenters. The fourth-order valence-electron chi connectivity index (χ4n) is 10.2. The fourth-order valence-corrected chi connectivity index (χ4v) is 10.2. The topological polar surface area (TPSA) is 120 Å². The number of pyridine rings is 4. The molecule has 16 heteroatoms. The lowest BCUT2D eigenvalue weighted by molar-refractivity contribution is 0.0912. The second-order valence-electron chi connectivity index (χ2n) is 31.5. The summed E-state index contributed by atoms with van der Waals surface area (Å²) in [6.45, 7) is 50.7. The first-order valence-corrected chi connectivity index (χ1v) is 33.7. The number of nitrogens with zero attached hydrogens (tertiary/aromatic N) is 10. The molecule has 2 aromatic carbocycles. The number of amides is 1. The Balaban J connectivity index is 0.000000208. The van der Waals surface area contributed by atoms with E-state index in [1.54, 1.807) is 31.5 Å². The number of rotatable bonds is 8. The zero-order chi connectivity index (χ0) is 69.8. The SMILES string of the molecule is CC(C)(C)c1ccc2nccn2c1.CC(C)(C)c1cccnc1.CN1CCC(NC(=O)c2ccc(C(C)(C)C)cc2F)CC1.CN1CCN(CCOc2ccc(C(C)(C)C)cc2F)CC1.CN1CCN(c2ccc(C(C)(C)C)cn2)CC1.COc1ccc(C(C)(C)C)cn1. The van der Waals surface area contributed by atoms with Crippen molar-refractivity contribution >= 4 is 17.4 Å². The number of carbonyl (C=O) groups is 1. The second-order valence-corrected chi connectivity index (χ2v) is 31.5. The van der Waals surface area contributed by atoms with E-state index in [1.165, 1.54) is 28.3 Å². The Morgan fingerprint density at radius 3 is 1.48 bits per heavy atom. The molecule has 1 amide bonds. The Kier molecular flexibility index (Phi) is 28.7. The number of fused-ring (bicyclic) bond motifs is 1. The maximum atomic E-state index is 14.2. The van der Waals surface area contributed by atoms with Crippen LogP contribution in [-0.2, 0) is 32.5 Å². The number of ether oxygens (including phenoxy) is 2. The lowest BCUT2D eigenvalue weighted by atomic mass is 9.86. The molecule has 1 N–H and O–H groups in total. The minimum Gasteiger partial charge on any atom is -0.489 e. The highest BCUT2D eigenvalue weighted by atomic mass is 19.1. The van der Waals surface area contributed by atoms with Crippen LogP contribution in [-0.4, -0.2) is 163 Å². The molecule has 3 saturated heterocycles. The van der Waals surface area contributed by atoms with Crippen molar-refractivity contribution < 1.29 is 23.0 Å². The van der Waals surface area contributed by atoms with Crippen LogP contribution in [0.1, 0.15) is 181 Å². The van der Waals surface area contributed by atoms with Crippen LogP contribution in [0.3, 0.4) is 0 Å². The number of likely N-dealkylation sites (N-methyl/N-ethyl adjacent to an activating group) is 2. The Labute approximate surface area is 565 Å². The molecule has 7 aromatic rings. The van der Waals surface area contributed by atoms with Crippen molar-refractivity contribution in [2.75, 3.05) is 112 Å². The number of piperidine rings is 1. The summed E-state index contributed by atoms with van der Waals surface area (Å²) in [6.07, 6.45) is 15.4. The minimum atomic E-state index is -0.437. The van der Waals surface area contributed by atoms with Crippen molar-refractivity contribution in [1.29, 1.82) is 0 Å². The quantitative estimate of drug-likeness (QED) is 0.156. The second kappa shape index (κ2) is 34.7. The number of hydrogen-bond donors (Lipinski definition) is 1. The number of carbonyl (C=O) groups excluding carboxylic acids is 1. The van der Waals surface area contributed by atoms with Crippen LogP contribution in [0.2, 0.25) is 0 Å². The smallest absolute Gasteiger partial charge is 0.254 e. The standard InChI is InChI=1S/C17H27FN2O.C17H25FN2O.C14H23N3.C11H14N2.C10H15NO.C9H13N/c1-17(2,3)14-5-6-16(15(18)13-14)21-12-11-20-9-7-19(4)8-10-20;1-17(2,3)12-5-6-14(15(18)11-12)16(21)19-13-7-9-20(4)10-8-13;1-14(2,3)12-5-6-13(15-11-12)17-9-7-16(4)8-10-17;1-11(2,3)9-4-5-10-12-6-7-13(10)8-9;1-10(2,3)8-5-6-9(12-4)11-7-8;1-9(2,3)8-5-4-6-10-7-8/h5-6,13H,7-12H2,1-4H3;5-6,11,13H,7-10H2,1-4H3,(H,19,21);5-6,11H,7-10H2,1-4H3;4-8H,1-3H3;5-7H,1-4H3;4-7H,1-3H3. The van der Waals surface area contributed by atoms with Crippen molar-refractivity contribution in [1.82, 2.24) is 49.3 Å². The van der Waals surface area contributed by atoms with Crippen molar-refractivity contribution in [3.63, 3.8) is 0 Å². The molecule has 0 radical (unpaired) electrons. The molecule has 5 aromatic heterocycles. The zero-order valence-corrected chi connectivity index (χ0v) is 61.6. The maximum absolute atomic E-state index is 14.2. The van der Waals surface area contributed by atoms with Gasteiger partial charge in [0.05, 0.1) is 12.7 Å². The van der Waals surface area contributed by atoms with E-state index < -0.39 is 5.82 Å². The molecular formula is C78H117F2N11O3. The monoisotopic (exact) mass is 1290 g/mol. The van der Waals surface area contributed by atoms with Crippen molar-refractivity contribution in [3.05, 3.63) is 179 Å². The fraction of sp³-hybridized carbons (Fsp3) is 0.551. The van der Waals surface area contributed by atoms with Crippen molar-refractivity contribution in [2.45, 2.75) is 176 Å². The summed E-state index contributed by atoms with van der Waals surface area (Å²) >= 11 is 0. The first-order chi connectivity index (χ1) is 43.8. The van der Waals surface area contributed by atoms with E-state index in [0.717, 1.165) is 107 Å². The van der Waals surface area contributed by atoms with Gasteiger partial charge in [0.1, 0.15) is 23.9 Å². The third-order valence-corrected chi connectivity index (χ3v) is 17.2. The van der Waals surface area contributed by atoms with Gasteiger partial charge >= 0.3 is 0 Å². The zero-order valence-electron chi connectivity index (χ0n) is 61.6. The molecule has 14 nitrogen and oxygen atoms in total. The third-order valence-electron chi connectivity index (χ3n) is 17.2. The number of imidazole rings is 1. The van der Waals surface area contributed by atoms with Crippen LogP contribution in [0, 0.1) is 11.6 Å². The summed E-state index contributed by atoms with van der Waals surface area (Å²) in [5, 5.41) is 2.95. The molecular weight excluding hydrogens is 1180 g/mol. The molecule has 8 heterocycles. The molecule has 516 valence electrons. The molecule has 3 aliphatic rings. The summed E-state index contributed by atoms with van der Waals surface area (Å²) in [7, 11) is 8.01. The van der Waals surface area contributed by atoms with Gasteiger partial charge in [0, 0.05) is 114 Å². The number of halogens is 2. The van der Waals surface area contributed by atoms with Gasteiger partial charge in [-0.25, -0.2) is 23.7 Å². The van der Waals surface area contributed by atoms with Gasteiger partial charge in [0.2, 0.25) is 5.88 Å². The number of piperazine rings is 2. The Bertz CT molecular complexity index is 3350. The largest absolute Gasteiger partial charge is 0.489 e. The van der Waals surface area contributed by atoms with E-state index >= 15 is 0 Å². The molecule has 3 fully saturated rings. The molecule has 0 bridgehead atoms. The van der Waals surface area contributed by atoms with Crippen LogP contribution in [0.5, 0.6) is 11.6 Å². The molecule has 0 aliphatic carbocycles. The summed E-state index contributed by atoms with van der Waals surface area (Å²) < 4.78 is 40.9. The number of nitrogens with one attached hydrogen (secondary N) is 1. The van der Waals surface area contributed by atoms with Gasteiger partial charge in [0.15, 0.2) is 11.6 Å². The average Bonchev–Trinajstić information content (AvgIpc) is 1.37. The molecule has 0 unspecified atom stereocenters. The Morgan fingerprint density at radius 2 is 1.01 bits per heavy atom. The van der Waals surface area contributed by atoms with E-state index in [4.69, 9.17) is 9.47 Å². The average molecular weight is 1290 g/mol. The summed E-state index contributed by atoms with van der Waals surface area (Å²) in [6, 6.07) is 26.9. The van der Waals surface area contributed by atoms with Gasteiger partial charge in [-0.05, 0) is 155 Å². The van der Waals surface area contributed by atoms with Crippen LogP contribution in [0.15, 0.2) is 128 Å². The van der Waals surface area contributed by atoms with Crippen LogP contribution >= 0.6 is 0 Å².